The Morgan fingerprint density at radius 1 is 0.708 bits per heavy atom. The number of benzene rings is 3. The van der Waals surface area contributed by atoms with Gasteiger partial charge in [-0.25, -0.2) is 0 Å². The number of hydrogen-bond donors (Lipinski definition) is 2. The normalized spacial score (nSPS) is 14.2. The second-order valence-electron chi connectivity index (χ2n) is 6.89. The van der Waals surface area contributed by atoms with E-state index in [1.165, 1.54) is 27.8 Å². The first-order valence-corrected chi connectivity index (χ1v) is 8.20. The van der Waals surface area contributed by atoms with E-state index in [1.54, 1.807) is 12.1 Å². The molecule has 4 rings (SSSR count). The highest BCUT2D eigenvalue weighted by Gasteiger charge is 2.37. The molecule has 3 aromatic rings. The topological polar surface area (TPSA) is 40.5 Å². The maximum Gasteiger partial charge on any atom is 0.488 e. The molecule has 0 saturated carbocycles. The average Bonchev–Trinajstić information content (AvgIpc) is 2.84. The van der Waals surface area contributed by atoms with Crippen LogP contribution in [-0.2, 0) is 5.41 Å². The third-order valence-corrected chi connectivity index (χ3v) is 5.10. The number of hydrogen-bond acceptors (Lipinski definition) is 2. The fourth-order valence-corrected chi connectivity index (χ4v) is 3.92. The summed E-state index contributed by atoms with van der Waals surface area (Å²) in [7, 11) is -1.43. The van der Waals surface area contributed by atoms with Crippen molar-refractivity contribution in [2.45, 2.75) is 19.3 Å². The molecule has 1 aliphatic rings. The van der Waals surface area contributed by atoms with Gasteiger partial charge in [-0.15, -0.1) is 0 Å². The molecule has 0 saturated heterocycles. The molecular weight excluding hydrogens is 295 g/mol. The Hall–Kier alpha value is -2.36. The summed E-state index contributed by atoms with van der Waals surface area (Å²) < 4.78 is 0. The van der Waals surface area contributed by atoms with Gasteiger partial charge in [-0.05, 0) is 38.8 Å². The van der Waals surface area contributed by atoms with E-state index in [0.717, 1.165) is 5.56 Å². The average molecular weight is 314 g/mol. The van der Waals surface area contributed by atoms with E-state index in [1.807, 2.05) is 12.1 Å². The van der Waals surface area contributed by atoms with E-state index >= 15 is 0 Å². The summed E-state index contributed by atoms with van der Waals surface area (Å²) >= 11 is 0. The van der Waals surface area contributed by atoms with E-state index < -0.39 is 7.12 Å². The van der Waals surface area contributed by atoms with Gasteiger partial charge in [-0.2, -0.15) is 0 Å². The molecule has 3 aromatic carbocycles. The molecule has 2 nitrogen and oxygen atoms in total. The molecule has 0 fully saturated rings. The second kappa shape index (κ2) is 5.33. The molecule has 0 heterocycles. The van der Waals surface area contributed by atoms with Crippen molar-refractivity contribution in [2.24, 2.45) is 0 Å². The van der Waals surface area contributed by atoms with Gasteiger partial charge in [-0.3, -0.25) is 0 Å². The monoisotopic (exact) mass is 314 g/mol. The predicted octanol–water partition coefficient (Wildman–Crippen LogP) is 3.34. The van der Waals surface area contributed by atoms with E-state index in [-0.39, 0.29) is 5.41 Å². The summed E-state index contributed by atoms with van der Waals surface area (Å²) in [6, 6.07) is 22.5. The Morgan fingerprint density at radius 3 is 2.04 bits per heavy atom. The maximum atomic E-state index is 9.30. The SMILES string of the molecule is CC1(C)c2ccccc2-c2cccc(-c3ccc(B(O)O)cc3)c21. The Kier molecular flexibility index (Phi) is 3.38. The van der Waals surface area contributed by atoms with Crippen molar-refractivity contribution in [3.8, 4) is 22.3 Å². The Balaban J connectivity index is 1.92. The number of fused-ring (bicyclic) bond motifs is 3. The fourth-order valence-electron chi connectivity index (χ4n) is 3.92. The van der Waals surface area contributed by atoms with Crippen LogP contribution in [0.25, 0.3) is 22.3 Å². The lowest BCUT2D eigenvalue weighted by Crippen LogP contribution is -2.29. The second-order valence-corrected chi connectivity index (χ2v) is 6.89. The Morgan fingerprint density at radius 2 is 1.33 bits per heavy atom. The van der Waals surface area contributed by atoms with Crippen LogP contribution in [0.4, 0.5) is 0 Å². The van der Waals surface area contributed by atoms with E-state index in [9.17, 15) is 10.0 Å². The maximum absolute atomic E-state index is 9.30. The molecule has 0 amide bonds. The van der Waals surface area contributed by atoms with Gasteiger partial charge in [0.05, 0.1) is 0 Å². The summed E-state index contributed by atoms with van der Waals surface area (Å²) in [5, 5.41) is 18.6. The van der Waals surface area contributed by atoms with Crippen LogP contribution in [0.5, 0.6) is 0 Å². The third kappa shape index (κ3) is 2.13. The molecule has 0 unspecified atom stereocenters. The first-order chi connectivity index (χ1) is 11.5. The molecule has 1 aliphatic carbocycles. The van der Waals surface area contributed by atoms with Gasteiger partial charge in [0.1, 0.15) is 0 Å². The lowest BCUT2D eigenvalue weighted by molar-refractivity contribution is 0.426. The summed E-state index contributed by atoms with van der Waals surface area (Å²) in [6.45, 7) is 4.54. The molecule has 0 aliphatic heterocycles. The molecule has 24 heavy (non-hydrogen) atoms. The van der Waals surface area contributed by atoms with E-state index in [2.05, 4.69) is 56.3 Å². The number of rotatable bonds is 2. The van der Waals surface area contributed by atoms with Crippen LogP contribution in [0.1, 0.15) is 25.0 Å². The highest BCUT2D eigenvalue weighted by atomic mass is 16.4. The van der Waals surface area contributed by atoms with Crippen LogP contribution in [-0.4, -0.2) is 17.2 Å². The first-order valence-electron chi connectivity index (χ1n) is 8.20. The van der Waals surface area contributed by atoms with Crippen molar-refractivity contribution < 1.29 is 10.0 Å². The Labute approximate surface area is 142 Å². The molecule has 0 aromatic heterocycles. The van der Waals surface area contributed by atoms with Crippen molar-refractivity contribution in [1.82, 2.24) is 0 Å². The zero-order valence-electron chi connectivity index (χ0n) is 13.8. The highest BCUT2D eigenvalue weighted by molar-refractivity contribution is 6.58. The van der Waals surface area contributed by atoms with Crippen molar-refractivity contribution in [2.75, 3.05) is 0 Å². The smallest absolute Gasteiger partial charge is 0.423 e. The van der Waals surface area contributed by atoms with Gasteiger partial charge in [-0.1, -0.05) is 80.6 Å². The zero-order chi connectivity index (χ0) is 16.9. The van der Waals surface area contributed by atoms with E-state index in [0.29, 0.717) is 5.46 Å². The van der Waals surface area contributed by atoms with Crippen LogP contribution in [0.3, 0.4) is 0 Å². The third-order valence-electron chi connectivity index (χ3n) is 5.10. The van der Waals surface area contributed by atoms with Crippen molar-refractivity contribution in [3.63, 3.8) is 0 Å². The quantitative estimate of drug-likeness (QED) is 0.712. The van der Waals surface area contributed by atoms with Crippen molar-refractivity contribution in [1.29, 1.82) is 0 Å². The van der Waals surface area contributed by atoms with Crippen LogP contribution < -0.4 is 5.46 Å². The molecule has 0 atom stereocenters. The molecule has 0 radical (unpaired) electrons. The van der Waals surface area contributed by atoms with Crippen LogP contribution in [0.2, 0.25) is 0 Å². The molecule has 0 spiro atoms. The van der Waals surface area contributed by atoms with Gasteiger partial charge in [0, 0.05) is 5.41 Å². The van der Waals surface area contributed by atoms with Gasteiger partial charge in [0.25, 0.3) is 0 Å². The van der Waals surface area contributed by atoms with Crippen LogP contribution in [0, 0.1) is 0 Å². The van der Waals surface area contributed by atoms with Crippen LogP contribution in [0.15, 0.2) is 66.7 Å². The van der Waals surface area contributed by atoms with Gasteiger partial charge >= 0.3 is 7.12 Å². The standard InChI is InChI=1S/C21H19BO2/c1-21(2)19-9-4-3-6-17(19)18-8-5-7-16(20(18)21)14-10-12-15(13-11-14)22(23)24/h3-13,23-24H,1-2H3. The minimum absolute atomic E-state index is 0.0579. The summed E-state index contributed by atoms with van der Waals surface area (Å²) in [5.74, 6) is 0. The van der Waals surface area contributed by atoms with Crippen LogP contribution >= 0.6 is 0 Å². The predicted molar refractivity (Wildman–Crippen MR) is 99.3 cm³/mol. The minimum atomic E-state index is -1.43. The molecular formula is C21H19BO2. The summed E-state index contributed by atoms with van der Waals surface area (Å²) in [5.41, 5.74) is 8.04. The largest absolute Gasteiger partial charge is 0.488 e. The lowest BCUT2D eigenvalue weighted by atomic mass is 9.77. The highest BCUT2D eigenvalue weighted by Crippen LogP contribution is 2.51. The van der Waals surface area contributed by atoms with Gasteiger partial charge in [0.15, 0.2) is 0 Å². The minimum Gasteiger partial charge on any atom is -0.423 e. The van der Waals surface area contributed by atoms with Gasteiger partial charge in [0.2, 0.25) is 0 Å². The molecule has 2 N–H and O–H groups in total. The lowest BCUT2D eigenvalue weighted by Gasteiger charge is -2.24. The van der Waals surface area contributed by atoms with Gasteiger partial charge < -0.3 is 10.0 Å². The zero-order valence-corrected chi connectivity index (χ0v) is 13.8. The van der Waals surface area contributed by atoms with Crippen molar-refractivity contribution in [3.05, 3.63) is 77.9 Å². The molecule has 3 heteroatoms. The first kappa shape index (κ1) is 15.2. The molecule has 118 valence electrons. The molecule has 0 bridgehead atoms. The van der Waals surface area contributed by atoms with E-state index in [4.69, 9.17) is 0 Å². The van der Waals surface area contributed by atoms with Crippen molar-refractivity contribution >= 4 is 12.6 Å². The fraction of sp³-hybridized carbons (Fsp3) is 0.143. The summed E-state index contributed by atoms with van der Waals surface area (Å²) in [4.78, 5) is 0. The summed E-state index contributed by atoms with van der Waals surface area (Å²) in [6.07, 6.45) is 0. The Bertz CT molecular complexity index is 911.